The molecule has 0 amide bonds. The number of pyridine rings is 1. The van der Waals surface area contributed by atoms with Crippen molar-refractivity contribution in [1.82, 2.24) is 19.2 Å². The molecule has 3 aromatic heterocycles. The predicted molar refractivity (Wildman–Crippen MR) is 103 cm³/mol. The summed E-state index contributed by atoms with van der Waals surface area (Å²) in [7, 11) is 0. The summed E-state index contributed by atoms with van der Waals surface area (Å²) in [5.74, 6) is -0.538. The van der Waals surface area contributed by atoms with Gasteiger partial charge >= 0.3 is 5.97 Å². The van der Waals surface area contributed by atoms with Crippen LogP contribution in [0.15, 0.2) is 47.7 Å². The van der Waals surface area contributed by atoms with Gasteiger partial charge in [-0.3, -0.25) is 19.5 Å². The standard InChI is InChI=1S/C19H15N5O5/c1-3-29-19(26)14-10-21-23-16-6-7-22(18(25)13(16)9-20-17(14)23)15-5-4-12(24(27)28)8-11(15)2/h4-10H,3H2,1-2H3. The molecule has 1 aromatic carbocycles. The van der Waals surface area contributed by atoms with Gasteiger partial charge in [0.1, 0.15) is 5.56 Å². The van der Waals surface area contributed by atoms with Crippen molar-refractivity contribution in [2.45, 2.75) is 13.8 Å². The number of aromatic nitrogens is 4. The van der Waals surface area contributed by atoms with Crippen molar-refractivity contribution in [3.05, 3.63) is 74.5 Å². The van der Waals surface area contributed by atoms with Crippen molar-refractivity contribution in [3.63, 3.8) is 0 Å². The number of benzene rings is 1. The molecule has 0 unspecified atom stereocenters. The van der Waals surface area contributed by atoms with Crippen LogP contribution < -0.4 is 5.56 Å². The number of esters is 1. The Hall–Kier alpha value is -4.08. The number of fused-ring (bicyclic) bond motifs is 3. The van der Waals surface area contributed by atoms with Gasteiger partial charge in [-0.2, -0.15) is 5.10 Å². The summed E-state index contributed by atoms with van der Waals surface area (Å²) in [5.41, 5.74) is 1.68. The summed E-state index contributed by atoms with van der Waals surface area (Å²) < 4.78 is 7.81. The van der Waals surface area contributed by atoms with Crippen LogP contribution in [-0.4, -0.2) is 36.7 Å². The molecule has 0 aliphatic heterocycles. The van der Waals surface area contributed by atoms with Crippen LogP contribution in [-0.2, 0) is 4.74 Å². The highest BCUT2D eigenvalue weighted by molar-refractivity contribution is 5.97. The zero-order valence-electron chi connectivity index (χ0n) is 15.5. The SMILES string of the molecule is CCOC(=O)c1cnn2c1ncc1c(=O)n(-c3ccc([N+](=O)[O-])cc3C)ccc12. The third kappa shape index (κ3) is 2.90. The van der Waals surface area contributed by atoms with Crippen LogP contribution in [0.25, 0.3) is 22.2 Å². The first-order valence-electron chi connectivity index (χ1n) is 8.73. The van der Waals surface area contributed by atoms with E-state index in [2.05, 4.69) is 10.1 Å². The lowest BCUT2D eigenvalue weighted by Gasteiger charge is -2.10. The topological polar surface area (TPSA) is 122 Å². The Bertz CT molecular complexity index is 1350. The maximum Gasteiger partial charge on any atom is 0.343 e. The summed E-state index contributed by atoms with van der Waals surface area (Å²) in [6, 6.07) is 5.96. The van der Waals surface area contributed by atoms with Crippen LogP contribution in [0.5, 0.6) is 0 Å². The van der Waals surface area contributed by atoms with E-state index in [4.69, 9.17) is 4.74 Å². The number of nitro benzene ring substituents is 1. The van der Waals surface area contributed by atoms with Crippen molar-refractivity contribution in [2.75, 3.05) is 6.61 Å². The Labute approximate surface area is 163 Å². The molecule has 0 spiro atoms. The molecule has 0 aliphatic rings. The number of hydrogen-bond acceptors (Lipinski definition) is 7. The van der Waals surface area contributed by atoms with Crippen LogP contribution in [0.4, 0.5) is 5.69 Å². The van der Waals surface area contributed by atoms with E-state index in [-0.39, 0.29) is 28.8 Å². The molecule has 146 valence electrons. The largest absolute Gasteiger partial charge is 0.462 e. The molecule has 0 radical (unpaired) electrons. The van der Waals surface area contributed by atoms with Gasteiger partial charge in [0.15, 0.2) is 5.65 Å². The Morgan fingerprint density at radius 1 is 1.28 bits per heavy atom. The van der Waals surface area contributed by atoms with Crippen molar-refractivity contribution in [3.8, 4) is 5.69 Å². The summed E-state index contributed by atoms with van der Waals surface area (Å²) in [5, 5.41) is 15.4. The molecule has 0 saturated heterocycles. The summed E-state index contributed by atoms with van der Waals surface area (Å²) in [6.45, 7) is 3.62. The summed E-state index contributed by atoms with van der Waals surface area (Å²) in [4.78, 5) is 39.8. The van der Waals surface area contributed by atoms with Crippen molar-refractivity contribution >= 4 is 28.2 Å². The van der Waals surface area contributed by atoms with Gasteiger partial charge in [-0.25, -0.2) is 14.3 Å². The van der Waals surface area contributed by atoms with Crippen LogP contribution in [0.1, 0.15) is 22.8 Å². The van der Waals surface area contributed by atoms with E-state index in [0.717, 1.165) is 0 Å². The number of nitro groups is 1. The molecule has 3 heterocycles. The summed E-state index contributed by atoms with van der Waals surface area (Å²) >= 11 is 0. The van der Waals surface area contributed by atoms with Gasteiger partial charge < -0.3 is 4.74 Å². The number of ether oxygens (including phenoxy) is 1. The predicted octanol–water partition coefficient (Wildman–Crippen LogP) is 2.43. The quantitative estimate of drug-likeness (QED) is 0.296. The molecule has 0 aliphatic carbocycles. The zero-order valence-corrected chi connectivity index (χ0v) is 15.5. The number of carbonyl (C=O) groups excluding carboxylic acids is 1. The van der Waals surface area contributed by atoms with Gasteiger partial charge in [-0.05, 0) is 31.5 Å². The fraction of sp³-hybridized carbons (Fsp3) is 0.158. The average Bonchev–Trinajstić information content (AvgIpc) is 3.13. The monoisotopic (exact) mass is 393 g/mol. The fourth-order valence-electron chi connectivity index (χ4n) is 3.18. The van der Waals surface area contributed by atoms with Gasteiger partial charge in [0, 0.05) is 24.5 Å². The second kappa shape index (κ2) is 6.82. The second-order valence-corrected chi connectivity index (χ2v) is 6.29. The van der Waals surface area contributed by atoms with Crippen LogP contribution in [0.3, 0.4) is 0 Å². The van der Waals surface area contributed by atoms with Crippen molar-refractivity contribution in [1.29, 1.82) is 0 Å². The van der Waals surface area contributed by atoms with Crippen molar-refractivity contribution in [2.24, 2.45) is 0 Å². The number of hydrogen-bond donors (Lipinski definition) is 0. The van der Waals surface area contributed by atoms with Gasteiger partial charge in [0.05, 0.1) is 34.3 Å². The number of carbonyl (C=O) groups is 1. The van der Waals surface area contributed by atoms with E-state index in [1.54, 1.807) is 26.1 Å². The van der Waals surface area contributed by atoms with E-state index < -0.39 is 10.9 Å². The molecule has 0 N–H and O–H groups in total. The third-order valence-corrected chi connectivity index (χ3v) is 4.54. The highest BCUT2D eigenvalue weighted by Gasteiger charge is 2.18. The van der Waals surface area contributed by atoms with Gasteiger partial charge in [0.25, 0.3) is 11.2 Å². The average molecular weight is 393 g/mol. The van der Waals surface area contributed by atoms with Gasteiger partial charge in [0.2, 0.25) is 0 Å². The minimum Gasteiger partial charge on any atom is -0.462 e. The van der Waals surface area contributed by atoms with E-state index >= 15 is 0 Å². The molecule has 10 heteroatoms. The molecular formula is C19H15N5O5. The molecule has 10 nitrogen and oxygen atoms in total. The van der Waals surface area contributed by atoms with Gasteiger partial charge in [-0.1, -0.05) is 0 Å². The molecule has 0 fully saturated rings. The first-order valence-corrected chi connectivity index (χ1v) is 8.73. The van der Waals surface area contributed by atoms with E-state index in [0.29, 0.717) is 22.4 Å². The molecule has 29 heavy (non-hydrogen) atoms. The molecule has 4 rings (SSSR count). The normalized spacial score (nSPS) is 11.1. The maximum atomic E-state index is 13.0. The van der Waals surface area contributed by atoms with Crippen molar-refractivity contribution < 1.29 is 14.5 Å². The Kier molecular flexibility index (Phi) is 4.30. The van der Waals surface area contributed by atoms with E-state index in [1.807, 2.05) is 0 Å². The fourth-order valence-corrected chi connectivity index (χ4v) is 3.18. The Balaban J connectivity index is 1.89. The zero-order chi connectivity index (χ0) is 20.7. The van der Waals surface area contributed by atoms with Crippen LogP contribution >= 0.6 is 0 Å². The Morgan fingerprint density at radius 3 is 2.76 bits per heavy atom. The minimum absolute atomic E-state index is 0.0495. The lowest BCUT2D eigenvalue weighted by atomic mass is 10.1. The number of aryl methyl sites for hydroxylation is 1. The van der Waals surface area contributed by atoms with E-state index in [1.165, 1.54) is 39.7 Å². The molecular weight excluding hydrogens is 378 g/mol. The molecule has 0 atom stereocenters. The molecule has 0 bridgehead atoms. The number of nitrogens with zero attached hydrogens (tertiary/aromatic N) is 5. The second-order valence-electron chi connectivity index (χ2n) is 6.29. The summed E-state index contributed by atoms with van der Waals surface area (Å²) in [6.07, 6.45) is 4.30. The first kappa shape index (κ1) is 18.3. The number of rotatable bonds is 4. The van der Waals surface area contributed by atoms with Gasteiger partial charge in [-0.15, -0.1) is 0 Å². The molecule has 0 saturated carbocycles. The highest BCUT2D eigenvalue weighted by Crippen LogP contribution is 2.21. The van der Waals surface area contributed by atoms with Crippen LogP contribution in [0.2, 0.25) is 0 Å². The first-order chi connectivity index (χ1) is 13.9. The van der Waals surface area contributed by atoms with Crippen LogP contribution in [0, 0.1) is 17.0 Å². The Morgan fingerprint density at radius 2 is 2.07 bits per heavy atom. The third-order valence-electron chi connectivity index (χ3n) is 4.54. The van der Waals surface area contributed by atoms with E-state index in [9.17, 15) is 19.7 Å². The number of non-ortho nitro benzene ring substituents is 1. The maximum absolute atomic E-state index is 13.0. The molecule has 4 aromatic rings. The highest BCUT2D eigenvalue weighted by atomic mass is 16.6. The minimum atomic E-state index is -0.538. The lowest BCUT2D eigenvalue weighted by Crippen LogP contribution is -2.19. The lowest BCUT2D eigenvalue weighted by molar-refractivity contribution is -0.384. The smallest absolute Gasteiger partial charge is 0.343 e.